The lowest BCUT2D eigenvalue weighted by Gasteiger charge is -2.13. The minimum Gasteiger partial charge on any atom is -0.298 e. The summed E-state index contributed by atoms with van der Waals surface area (Å²) in [7, 11) is 0. The van der Waals surface area contributed by atoms with Gasteiger partial charge in [-0.05, 0) is 30.0 Å². The van der Waals surface area contributed by atoms with E-state index in [2.05, 4.69) is 16.8 Å². The number of Topliss-reactive ketones (excluding diaryl/α,β-unsaturated/α-hetero) is 1. The van der Waals surface area contributed by atoms with Gasteiger partial charge in [-0.15, -0.1) is 23.4 Å². The number of aryl methyl sites for hydroxylation is 1. The summed E-state index contributed by atoms with van der Waals surface area (Å²) in [6.07, 6.45) is 3.12. The Balaban J connectivity index is 1.62. The van der Waals surface area contributed by atoms with Crippen molar-refractivity contribution in [3.63, 3.8) is 0 Å². The van der Waals surface area contributed by atoms with E-state index in [1.54, 1.807) is 0 Å². The maximum Gasteiger partial charge on any atom is 0.147 e. The van der Waals surface area contributed by atoms with Crippen molar-refractivity contribution in [1.82, 2.24) is 0 Å². The van der Waals surface area contributed by atoms with Gasteiger partial charge in [0.05, 0.1) is 17.4 Å². The van der Waals surface area contributed by atoms with Crippen LogP contribution >= 0.6 is 11.8 Å². The van der Waals surface area contributed by atoms with Gasteiger partial charge in [-0.2, -0.15) is 5.10 Å². The van der Waals surface area contributed by atoms with Crippen molar-refractivity contribution in [2.24, 2.45) is 16.1 Å². The van der Waals surface area contributed by atoms with Gasteiger partial charge in [-0.25, -0.2) is 0 Å². The van der Waals surface area contributed by atoms with Crippen molar-refractivity contribution in [1.29, 1.82) is 0 Å². The van der Waals surface area contributed by atoms with Gasteiger partial charge in [0.25, 0.3) is 0 Å². The van der Waals surface area contributed by atoms with Crippen LogP contribution in [0.5, 0.6) is 0 Å². The van der Waals surface area contributed by atoms with E-state index in [0.717, 1.165) is 33.9 Å². The van der Waals surface area contributed by atoms with Gasteiger partial charge < -0.3 is 0 Å². The van der Waals surface area contributed by atoms with Gasteiger partial charge in [-0.3, -0.25) is 4.79 Å². The summed E-state index contributed by atoms with van der Waals surface area (Å²) in [6, 6.07) is 18.1. The number of hydrogen-bond acceptors (Lipinski definition) is 4. The lowest BCUT2D eigenvalue weighted by molar-refractivity contribution is -0.116. The predicted octanol–water partition coefficient (Wildman–Crippen LogP) is 4.85. The lowest BCUT2D eigenvalue weighted by Crippen LogP contribution is -2.20. The fourth-order valence-corrected chi connectivity index (χ4v) is 3.88. The molecule has 1 aliphatic rings. The third-order valence-electron chi connectivity index (χ3n) is 4.39. The van der Waals surface area contributed by atoms with Crippen LogP contribution in [0.4, 0.5) is 0 Å². The van der Waals surface area contributed by atoms with E-state index in [9.17, 15) is 4.79 Å². The summed E-state index contributed by atoms with van der Waals surface area (Å²) >= 11 is 1.50. The second-order valence-corrected chi connectivity index (χ2v) is 7.29. The summed E-state index contributed by atoms with van der Waals surface area (Å²) in [5, 5.41) is 9.65. The molecule has 132 valence electrons. The van der Waals surface area contributed by atoms with Crippen LogP contribution in [-0.4, -0.2) is 22.3 Å². The Morgan fingerprint density at radius 3 is 2.58 bits per heavy atom. The van der Waals surface area contributed by atoms with Crippen LogP contribution in [0.3, 0.4) is 0 Å². The molecule has 1 aliphatic heterocycles. The highest BCUT2D eigenvalue weighted by Crippen LogP contribution is 2.27. The summed E-state index contributed by atoms with van der Waals surface area (Å²) in [6.45, 7) is 5.90. The molecular weight excluding hydrogens is 340 g/mol. The van der Waals surface area contributed by atoms with Crippen molar-refractivity contribution in [2.45, 2.75) is 19.8 Å². The number of ketones is 1. The molecular formula is C22H22N2OS. The monoisotopic (exact) mass is 362 g/mol. The second-order valence-electron chi connectivity index (χ2n) is 6.30. The van der Waals surface area contributed by atoms with E-state index in [1.807, 2.05) is 67.6 Å². The molecule has 0 saturated heterocycles. The number of hydrogen-bond donors (Lipinski definition) is 0. The van der Waals surface area contributed by atoms with Crippen LogP contribution in [0.15, 0.2) is 77.5 Å². The summed E-state index contributed by atoms with van der Waals surface area (Å²) in [5.74, 6) is 0.710. The van der Waals surface area contributed by atoms with Crippen LogP contribution in [0.2, 0.25) is 0 Å². The number of thioether (sulfide) groups is 1. The highest BCUT2D eigenvalue weighted by Gasteiger charge is 2.28. The Kier molecular flexibility index (Phi) is 6.18. The van der Waals surface area contributed by atoms with E-state index >= 15 is 0 Å². The van der Waals surface area contributed by atoms with Crippen molar-refractivity contribution < 1.29 is 4.79 Å². The van der Waals surface area contributed by atoms with E-state index in [-0.39, 0.29) is 11.7 Å². The first-order chi connectivity index (χ1) is 12.7. The molecule has 1 heterocycles. The van der Waals surface area contributed by atoms with Crippen molar-refractivity contribution in [2.75, 3.05) is 5.75 Å². The topological polar surface area (TPSA) is 41.8 Å². The Morgan fingerprint density at radius 2 is 1.85 bits per heavy atom. The molecule has 0 saturated carbocycles. The molecule has 0 amide bonds. The Bertz CT molecular complexity index is 855. The minimum absolute atomic E-state index is 0.0890. The number of allylic oxidation sites excluding steroid dienone is 1. The fraction of sp³-hybridized carbons (Fsp3) is 0.227. The molecule has 0 bridgehead atoms. The second kappa shape index (κ2) is 8.77. The Hall–Kier alpha value is -2.46. The highest BCUT2D eigenvalue weighted by atomic mass is 32.2. The first-order valence-electron chi connectivity index (χ1n) is 8.69. The number of carbonyl (C=O) groups is 1. The average molecular weight is 362 g/mol. The van der Waals surface area contributed by atoms with Gasteiger partial charge in [-0.1, -0.05) is 60.7 Å². The smallest absolute Gasteiger partial charge is 0.147 e. The third kappa shape index (κ3) is 4.38. The van der Waals surface area contributed by atoms with E-state index in [1.165, 1.54) is 11.8 Å². The molecule has 0 radical (unpaired) electrons. The molecule has 4 heteroatoms. The molecule has 0 N–H and O–H groups in total. The predicted molar refractivity (Wildman–Crippen MR) is 111 cm³/mol. The van der Waals surface area contributed by atoms with Gasteiger partial charge in [0, 0.05) is 6.42 Å². The molecule has 3 rings (SSSR count). The maximum absolute atomic E-state index is 12.4. The van der Waals surface area contributed by atoms with Crippen molar-refractivity contribution >= 4 is 28.3 Å². The van der Waals surface area contributed by atoms with Gasteiger partial charge >= 0.3 is 0 Å². The lowest BCUT2D eigenvalue weighted by atomic mass is 9.95. The SMILES string of the molecule is C=CCC1C(SCC(=O)Cc2ccccc2C)=NN=C1c1ccccc1. The molecule has 2 aromatic rings. The van der Waals surface area contributed by atoms with Crippen LogP contribution in [0.25, 0.3) is 0 Å². The van der Waals surface area contributed by atoms with E-state index in [4.69, 9.17) is 0 Å². The molecule has 1 unspecified atom stereocenters. The van der Waals surface area contributed by atoms with Gasteiger partial charge in [0.2, 0.25) is 0 Å². The third-order valence-corrected chi connectivity index (χ3v) is 5.51. The normalized spacial score (nSPS) is 16.1. The number of benzene rings is 2. The number of nitrogens with zero attached hydrogens (tertiary/aromatic N) is 2. The number of rotatable bonds is 7. The molecule has 3 nitrogen and oxygen atoms in total. The Labute approximate surface area is 158 Å². The molecule has 1 atom stereocenters. The summed E-state index contributed by atoms with van der Waals surface area (Å²) in [5.41, 5.74) is 4.28. The average Bonchev–Trinajstić information content (AvgIpc) is 3.06. The van der Waals surface area contributed by atoms with Crippen molar-refractivity contribution in [3.05, 3.63) is 83.9 Å². The highest BCUT2D eigenvalue weighted by molar-refractivity contribution is 8.14. The van der Waals surface area contributed by atoms with Crippen LogP contribution < -0.4 is 0 Å². The minimum atomic E-state index is 0.0890. The maximum atomic E-state index is 12.4. The van der Waals surface area contributed by atoms with Crippen LogP contribution in [-0.2, 0) is 11.2 Å². The zero-order valence-electron chi connectivity index (χ0n) is 14.9. The summed E-state index contributed by atoms with van der Waals surface area (Å²) in [4.78, 5) is 12.4. The largest absolute Gasteiger partial charge is 0.298 e. The Morgan fingerprint density at radius 1 is 1.12 bits per heavy atom. The molecule has 0 aromatic heterocycles. The zero-order chi connectivity index (χ0) is 18.4. The molecule has 0 fully saturated rings. The van der Waals surface area contributed by atoms with Crippen LogP contribution in [0.1, 0.15) is 23.1 Å². The van der Waals surface area contributed by atoms with Gasteiger partial charge in [0.15, 0.2) is 0 Å². The first kappa shape index (κ1) is 18.3. The van der Waals surface area contributed by atoms with E-state index < -0.39 is 0 Å². The molecule has 0 spiro atoms. The van der Waals surface area contributed by atoms with Crippen LogP contribution in [0, 0.1) is 12.8 Å². The zero-order valence-corrected chi connectivity index (χ0v) is 15.7. The van der Waals surface area contributed by atoms with E-state index in [0.29, 0.717) is 12.2 Å². The standard InChI is InChI=1S/C22H22N2OS/c1-3-9-20-21(17-11-5-4-6-12-17)23-24-22(20)26-15-19(25)14-18-13-8-7-10-16(18)2/h3-8,10-13,20H,1,9,14-15H2,2H3. The van der Waals surface area contributed by atoms with Gasteiger partial charge in [0.1, 0.15) is 10.8 Å². The molecule has 2 aromatic carbocycles. The molecule has 26 heavy (non-hydrogen) atoms. The fourth-order valence-electron chi connectivity index (χ4n) is 2.96. The number of carbonyl (C=O) groups excluding carboxylic acids is 1. The first-order valence-corrected chi connectivity index (χ1v) is 9.68. The van der Waals surface area contributed by atoms with Crippen molar-refractivity contribution in [3.8, 4) is 0 Å². The quantitative estimate of drug-likeness (QED) is 0.661. The summed E-state index contributed by atoms with van der Waals surface area (Å²) < 4.78 is 0. The molecule has 0 aliphatic carbocycles.